The Balaban J connectivity index is 2.33. The molecule has 0 unspecified atom stereocenters. The van der Waals surface area contributed by atoms with Gasteiger partial charge >= 0.3 is 0 Å². The fraction of sp³-hybridized carbons (Fsp3) is 0.250. The van der Waals surface area contributed by atoms with Gasteiger partial charge < -0.3 is 0 Å². The molecule has 96 valence electrons. The summed E-state index contributed by atoms with van der Waals surface area (Å²) in [5.74, 6) is 0.441. The summed E-state index contributed by atoms with van der Waals surface area (Å²) in [5, 5.41) is 11.3. The van der Waals surface area contributed by atoms with Crippen LogP contribution in [0.3, 0.4) is 0 Å². The Labute approximate surface area is 108 Å². The topological polar surface area (TPSA) is 78.0 Å². The van der Waals surface area contributed by atoms with Crippen molar-refractivity contribution >= 4 is 5.65 Å². The Hall–Kier alpha value is -2.57. The lowest BCUT2D eigenvalue weighted by molar-refractivity contribution is 0.630. The van der Waals surface area contributed by atoms with Crippen molar-refractivity contribution in [2.45, 2.75) is 20.4 Å². The number of pyridine rings is 1. The number of tetrazole rings is 1. The van der Waals surface area contributed by atoms with Gasteiger partial charge in [0.2, 0.25) is 0 Å². The standard InChI is InChI=1S/C12H12N6O/c1-3-18-11(14-15-16-18)9-7-13-10-8(2)5-4-6-17(10)12(9)19/h4-7H,3H2,1-2H3. The third kappa shape index (κ3) is 1.70. The average molecular weight is 256 g/mol. The minimum atomic E-state index is -0.168. The predicted octanol–water partition coefficient (Wildman–Crippen LogP) is 0.676. The van der Waals surface area contributed by atoms with Crippen molar-refractivity contribution < 1.29 is 0 Å². The lowest BCUT2D eigenvalue weighted by atomic mass is 10.2. The molecule has 0 amide bonds. The molecule has 3 heterocycles. The van der Waals surface area contributed by atoms with Crippen LogP contribution in [0.5, 0.6) is 0 Å². The number of fused-ring (bicyclic) bond motifs is 1. The van der Waals surface area contributed by atoms with Gasteiger partial charge in [-0.25, -0.2) is 9.67 Å². The summed E-state index contributed by atoms with van der Waals surface area (Å²) in [6.07, 6.45) is 3.23. The van der Waals surface area contributed by atoms with E-state index in [0.29, 0.717) is 23.6 Å². The fourth-order valence-electron chi connectivity index (χ4n) is 2.01. The lowest BCUT2D eigenvalue weighted by Crippen LogP contribution is -2.19. The van der Waals surface area contributed by atoms with Gasteiger partial charge in [-0.1, -0.05) is 6.07 Å². The maximum atomic E-state index is 12.5. The van der Waals surface area contributed by atoms with E-state index in [2.05, 4.69) is 20.5 Å². The summed E-state index contributed by atoms with van der Waals surface area (Å²) in [7, 11) is 0. The first-order chi connectivity index (χ1) is 9.22. The molecule has 3 aromatic rings. The highest BCUT2D eigenvalue weighted by Gasteiger charge is 2.14. The minimum absolute atomic E-state index is 0.168. The molecule has 3 aromatic heterocycles. The van der Waals surface area contributed by atoms with Crippen LogP contribution in [0.1, 0.15) is 12.5 Å². The second-order valence-electron chi connectivity index (χ2n) is 4.18. The Morgan fingerprint density at radius 1 is 1.37 bits per heavy atom. The summed E-state index contributed by atoms with van der Waals surface area (Å²) in [6, 6.07) is 3.73. The quantitative estimate of drug-likeness (QED) is 0.673. The second-order valence-corrected chi connectivity index (χ2v) is 4.18. The molecule has 19 heavy (non-hydrogen) atoms. The van der Waals surface area contributed by atoms with Gasteiger partial charge in [0.05, 0.1) is 0 Å². The maximum Gasteiger partial charge on any atom is 0.269 e. The van der Waals surface area contributed by atoms with Crippen molar-refractivity contribution in [1.29, 1.82) is 0 Å². The maximum absolute atomic E-state index is 12.5. The molecule has 0 aliphatic carbocycles. The van der Waals surface area contributed by atoms with E-state index in [4.69, 9.17) is 0 Å². The summed E-state index contributed by atoms with van der Waals surface area (Å²) >= 11 is 0. The van der Waals surface area contributed by atoms with E-state index in [1.165, 1.54) is 10.6 Å². The van der Waals surface area contributed by atoms with E-state index in [9.17, 15) is 4.79 Å². The van der Waals surface area contributed by atoms with E-state index in [0.717, 1.165) is 5.56 Å². The first-order valence-electron chi connectivity index (χ1n) is 5.96. The third-order valence-corrected chi connectivity index (χ3v) is 3.00. The highest BCUT2D eigenvalue weighted by atomic mass is 16.1. The molecule has 3 rings (SSSR count). The summed E-state index contributed by atoms with van der Waals surface area (Å²) in [5.41, 5.74) is 1.82. The van der Waals surface area contributed by atoms with Gasteiger partial charge in [0.1, 0.15) is 11.2 Å². The zero-order valence-corrected chi connectivity index (χ0v) is 10.6. The molecule has 7 heteroatoms. The van der Waals surface area contributed by atoms with Gasteiger partial charge in [-0.3, -0.25) is 9.20 Å². The number of hydrogen-bond donors (Lipinski definition) is 0. The average Bonchev–Trinajstić information content (AvgIpc) is 2.88. The van der Waals surface area contributed by atoms with Crippen LogP contribution >= 0.6 is 0 Å². The van der Waals surface area contributed by atoms with Gasteiger partial charge in [-0.15, -0.1) is 5.10 Å². The van der Waals surface area contributed by atoms with Crippen molar-refractivity contribution in [3.63, 3.8) is 0 Å². The third-order valence-electron chi connectivity index (χ3n) is 3.00. The lowest BCUT2D eigenvalue weighted by Gasteiger charge is -2.05. The van der Waals surface area contributed by atoms with Crippen molar-refractivity contribution in [3.05, 3.63) is 40.4 Å². The molecule has 0 aliphatic heterocycles. The van der Waals surface area contributed by atoms with Gasteiger partial charge in [-0.05, 0) is 35.9 Å². The SMILES string of the molecule is CCn1nnnc1-c1cnc2c(C)cccn2c1=O. The van der Waals surface area contributed by atoms with Crippen LogP contribution in [0.15, 0.2) is 29.3 Å². The molecule has 7 nitrogen and oxygen atoms in total. The molecular weight excluding hydrogens is 244 g/mol. The van der Waals surface area contributed by atoms with E-state index in [1.54, 1.807) is 10.9 Å². The number of aryl methyl sites for hydroxylation is 2. The fourth-order valence-corrected chi connectivity index (χ4v) is 2.01. The van der Waals surface area contributed by atoms with Crippen LogP contribution < -0.4 is 5.56 Å². The molecule has 0 saturated heterocycles. The van der Waals surface area contributed by atoms with Crippen molar-refractivity contribution in [1.82, 2.24) is 29.6 Å². The summed E-state index contributed by atoms with van der Waals surface area (Å²) in [6.45, 7) is 4.42. The highest BCUT2D eigenvalue weighted by molar-refractivity contribution is 5.56. The molecular formula is C12H12N6O. The Morgan fingerprint density at radius 3 is 3.00 bits per heavy atom. The Morgan fingerprint density at radius 2 is 2.21 bits per heavy atom. The largest absolute Gasteiger partial charge is 0.269 e. The van der Waals surface area contributed by atoms with Crippen LogP contribution in [-0.4, -0.2) is 29.6 Å². The van der Waals surface area contributed by atoms with Gasteiger partial charge in [0, 0.05) is 18.9 Å². The monoisotopic (exact) mass is 256 g/mol. The molecule has 0 N–H and O–H groups in total. The zero-order valence-electron chi connectivity index (χ0n) is 10.6. The number of hydrogen-bond acceptors (Lipinski definition) is 5. The van der Waals surface area contributed by atoms with Crippen molar-refractivity contribution in [2.75, 3.05) is 0 Å². The van der Waals surface area contributed by atoms with Gasteiger partial charge in [0.15, 0.2) is 5.82 Å². The zero-order chi connectivity index (χ0) is 13.4. The predicted molar refractivity (Wildman–Crippen MR) is 68.7 cm³/mol. The van der Waals surface area contributed by atoms with E-state index in [1.807, 2.05) is 26.0 Å². The normalized spacial score (nSPS) is 11.1. The molecule has 0 saturated carbocycles. The van der Waals surface area contributed by atoms with Crippen LogP contribution in [0, 0.1) is 6.92 Å². The minimum Gasteiger partial charge on any atom is -0.268 e. The molecule has 0 radical (unpaired) electrons. The summed E-state index contributed by atoms with van der Waals surface area (Å²) < 4.78 is 3.08. The van der Waals surface area contributed by atoms with Gasteiger partial charge in [0.25, 0.3) is 5.56 Å². The Bertz CT molecular complexity index is 803. The number of aromatic nitrogens is 6. The molecule has 0 fully saturated rings. The number of nitrogens with zero attached hydrogens (tertiary/aromatic N) is 6. The summed E-state index contributed by atoms with van der Waals surface area (Å²) in [4.78, 5) is 16.8. The van der Waals surface area contributed by atoms with Gasteiger partial charge in [-0.2, -0.15) is 0 Å². The van der Waals surface area contributed by atoms with Crippen LogP contribution in [-0.2, 0) is 6.54 Å². The Kier molecular flexibility index (Phi) is 2.59. The molecule has 0 aromatic carbocycles. The van der Waals surface area contributed by atoms with Crippen molar-refractivity contribution in [3.8, 4) is 11.4 Å². The highest BCUT2D eigenvalue weighted by Crippen LogP contribution is 2.12. The number of rotatable bonds is 2. The smallest absolute Gasteiger partial charge is 0.268 e. The van der Waals surface area contributed by atoms with E-state index >= 15 is 0 Å². The van der Waals surface area contributed by atoms with Crippen LogP contribution in [0.25, 0.3) is 17.0 Å². The van der Waals surface area contributed by atoms with Crippen LogP contribution in [0.2, 0.25) is 0 Å². The first kappa shape index (κ1) is 11.5. The second kappa shape index (κ2) is 4.27. The van der Waals surface area contributed by atoms with E-state index in [-0.39, 0.29) is 5.56 Å². The molecule has 0 spiro atoms. The van der Waals surface area contributed by atoms with Crippen molar-refractivity contribution in [2.24, 2.45) is 0 Å². The first-order valence-corrected chi connectivity index (χ1v) is 5.96. The van der Waals surface area contributed by atoms with E-state index < -0.39 is 0 Å². The molecule has 0 aliphatic rings. The molecule has 0 atom stereocenters. The van der Waals surface area contributed by atoms with Crippen LogP contribution in [0.4, 0.5) is 0 Å². The molecule has 0 bridgehead atoms.